The van der Waals surface area contributed by atoms with Gasteiger partial charge in [0.2, 0.25) is 5.95 Å². The summed E-state index contributed by atoms with van der Waals surface area (Å²) in [5.74, 6) is -1.27. The summed E-state index contributed by atoms with van der Waals surface area (Å²) in [7, 11) is 3.75. The molecule has 3 aromatic rings. The van der Waals surface area contributed by atoms with Gasteiger partial charge in [0.15, 0.2) is 5.82 Å². The highest BCUT2D eigenvalue weighted by molar-refractivity contribution is 5.97. The standard InChI is InChI=1S/C21H16F2N4O2.C2H7N/c22-15-9-13-10(3-5-25-21(13)28)8-14(15)18-20(24)27-19(23)17(26-18)12-1-2-16-11(7-12)4-6-29-16;1-3-2/h1-2,7-9H,3-6H2,(H2,24,27)(H,25,28);3H,1-2H3. The monoisotopic (exact) mass is 439 g/mol. The summed E-state index contributed by atoms with van der Waals surface area (Å²) in [6.45, 7) is 1.04. The molecule has 0 radical (unpaired) electrons. The molecule has 0 spiro atoms. The molecule has 1 amide bonds. The van der Waals surface area contributed by atoms with Gasteiger partial charge in [0.25, 0.3) is 5.91 Å². The lowest BCUT2D eigenvalue weighted by molar-refractivity contribution is 0.0945. The number of aromatic nitrogens is 2. The van der Waals surface area contributed by atoms with E-state index in [9.17, 15) is 13.6 Å². The van der Waals surface area contributed by atoms with Crippen molar-refractivity contribution in [2.24, 2.45) is 0 Å². The summed E-state index contributed by atoms with van der Waals surface area (Å²) in [4.78, 5) is 20.0. The van der Waals surface area contributed by atoms with Crippen molar-refractivity contribution in [3.63, 3.8) is 0 Å². The van der Waals surface area contributed by atoms with Crippen LogP contribution in [0.1, 0.15) is 21.5 Å². The molecule has 3 heterocycles. The number of nitrogen functional groups attached to an aromatic ring is 1. The van der Waals surface area contributed by atoms with E-state index < -0.39 is 11.8 Å². The van der Waals surface area contributed by atoms with E-state index in [1.807, 2.05) is 14.1 Å². The van der Waals surface area contributed by atoms with Crippen LogP contribution in [0.15, 0.2) is 30.3 Å². The van der Waals surface area contributed by atoms with Crippen LogP contribution in [0.3, 0.4) is 0 Å². The molecule has 0 fully saturated rings. The van der Waals surface area contributed by atoms with Crippen LogP contribution in [-0.4, -0.2) is 43.1 Å². The second kappa shape index (κ2) is 8.88. The second-order valence-electron chi connectivity index (χ2n) is 7.51. The first-order chi connectivity index (χ1) is 15.4. The van der Waals surface area contributed by atoms with E-state index in [4.69, 9.17) is 10.5 Å². The molecule has 9 heteroatoms. The van der Waals surface area contributed by atoms with Gasteiger partial charge in [-0.2, -0.15) is 9.37 Å². The van der Waals surface area contributed by atoms with Crippen LogP contribution in [0.2, 0.25) is 0 Å². The minimum absolute atomic E-state index is 0.0150. The zero-order valence-electron chi connectivity index (χ0n) is 17.8. The number of ether oxygens (including phenoxy) is 1. The highest BCUT2D eigenvalue weighted by Crippen LogP contribution is 2.34. The highest BCUT2D eigenvalue weighted by Gasteiger charge is 2.24. The summed E-state index contributed by atoms with van der Waals surface area (Å²) in [6.07, 6.45) is 1.28. The Bertz CT molecular complexity index is 1200. The fourth-order valence-corrected chi connectivity index (χ4v) is 3.77. The maximum Gasteiger partial charge on any atom is 0.251 e. The molecule has 0 saturated heterocycles. The van der Waals surface area contributed by atoms with Crippen LogP contribution in [0.4, 0.5) is 14.6 Å². The zero-order valence-corrected chi connectivity index (χ0v) is 17.8. The van der Waals surface area contributed by atoms with Gasteiger partial charge in [-0.25, -0.2) is 9.37 Å². The van der Waals surface area contributed by atoms with E-state index in [0.29, 0.717) is 30.7 Å². The van der Waals surface area contributed by atoms with Gasteiger partial charge in [0.05, 0.1) is 6.61 Å². The Balaban J connectivity index is 0.000000775. The topological polar surface area (TPSA) is 102 Å². The fourth-order valence-electron chi connectivity index (χ4n) is 3.77. The summed E-state index contributed by atoms with van der Waals surface area (Å²) in [5.41, 5.74) is 8.44. The van der Waals surface area contributed by atoms with E-state index in [2.05, 4.69) is 20.6 Å². The molecule has 166 valence electrons. The number of nitrogens with one attached hydrogen (secondary N) is 2. The Morgan fingerprint density at radius 3 is 2.59 bits per heavy atom. The average molecular weight is 439 g/mol. The van der Waals surface area contributed by atoms with Crippen LogP contribution in [0, 0.1) is 11.8 Å². The number of nitrogens with zero attached hydrogens (tertiary/aromatic N) is 2. The Hall–Kier alpha value is -3.59. The molecule has 4 N–H and O–H groups in total. The number of carbonyl (C=O) groups excluding carboxylic acids is 1. The molecule has 2 aromatic carbocycles. The van der Waals surface area contributed by atoms with Gasteiger partial charge in [-0.15, -0.1) is 0 Å². The van der Waals surface area contributed by atoms with Crippen LogP contribution < -0.4 is 21.1 Å². The largest absolute Gasteiger partial charge is 0.493 e. The number of rotatable bonds is 2. The summed E-state index contributed by atoms with van der Waals surface area (Å²) in [6, 6.07) is 7.94. The maximum atomic E-state index is 14.8. The molecule has 0 atom stereocenters. The first kappa shape index (κ1) is 21.6. The normalized spacial score (nSPS) is 13.9. The number of amides is 1. The summed E-state index contributed by atoms with van der Waals surface area (Å²) >= 11 is 0. The minimum Gasteiger partial charge on any atom is -0.493 e. The van der Waals surface area contributed by atoms with Gasteiger partial charge in [-0.05, 0) is 62.0 Å². The molecule has 1 aromatic heterocycles. The predicted molar refractivity (Wildman–Crippen MR) is 117 cm³/mol. The van der Waals surface area contributed by atoms with Crippen LogP contribution in [0.5, 0.6) is 5.75 Å². The quantitative estimate of drug-likeness (QED) is 0.568. The molecule has 2 aliphatic heterocycles. The highest BCUT2D eigenvalue weighted by atomic mass is 19.1. The van der Waals surface area contributed by atoms with Crippen molar-refractivity contribution >= 4 is 11.7 Å². The second-order valence-corrected chi connectivity index (χ2v) is 7.51. The number of fused-ring (bicyclic) bond motifs is 2. The third-order valence-electron chi connectivity index (χ3n) is 5.22. The van der Waals surface area contributed by atoms with Crippen molar-refractivity contribution < 1.29 is 18.3 Å². The smallest absolute Gasteiger partial charge is 0.251 e. The molecule has 0 saturated carbocycles. The van der Waals surface area contributed by atoms with E-state index in [-0.39, 0.29) is 34.2 Å². The van der Waals surface area contributed by atoms with E-state index in [1.165, 1.54) is 0 Å². The van der Waals surface area contributed by atoms with Crippen LogP contribution in [-0.2, 0) is 12.8 Å². The number of hydrogen-bond acceptors (Lipinski definition) is 6. The SMILES string of the molecule is CNC.Nc1nc(F)c(-c2ccc3c(c2)CCO3)nc1-c1cc2c(cc1F)C(=O)NCC2. The molecule has 2 aliphatic rings. The predicted octanol–water partition coefficient (Wildman–Crippen LogP) is 2.73. The summed E-state index contributed by atoms with van der Waals surface area (Å²) < 4.78 is 34.9. The number of nitrogens with two attached hydrogens (primary N) is 1. The molecular formula is C23H23F2N5O2. The van der Waals surface area contributed by atoms with Gasteiger partial charge in [0.1, 0.15) is 23.0 Å². The lowest BCUT2D eigenvalue weighted by atomic mass is 9.96. The molecule has 32 heavy (non-hydrogen) atoms. The van der Waals surface area contributed by atoms with Crippen LogP contribution >= 0.6 is 0 Å². The number of halogens is 2. The third kappa shape index (κ3) is 3.99. The number of carbonyl (C=O) groups is 1. The number of benzene rings is 2. The van der Waals surface area contributed by atoms with Gasteiger partial charge in [-0.1, -0.05) is 0 Å². The Labute approximate surface area is 184 Å². The maximum absolute atomic E-state index is 14.8. The molecule has 0 unspecified atom stereocenters. The molecule has 0 aliphatic carbocycles. The van der Waals surface area contributed by atoms with Gasteiger partial charge in [-0.3, -0.25) is 4.79 Å². The fraction of sp³-hybridized carbons (Fsp3) is 0.261. The van der Waals surface area contributed by atoms with Crippen molar-refractivity contribution in [3.8, 4) is 28.3 Å². The lowest BCUT2D eigenvalue weighted by Gasteiger charge is -2.18. The average Bonchev–Trinajstić information content (AvgIpc) is 3.23. The van der Waals surface area contributed by atoms with E-state index in [1.54, 1.807) is 24.3 Å². The van der Waals surface area contributed by atoms with Crippen LogP contribution in [0.25, 0.3) is 22.5 Å². The Kier molecular flexibility index (Phi) is 6.00. The zero-order chi connectivity index (χ0) is 22.8. The number of anilines is 1. The van der Waals surface area contributed by atoms with Crippen molar-refractivity contribution in [1.29, 1.82) is 0 Å². The van der Waals surface area contributed by atoms with Crippen molar-refractivity contribution in [1.82, 2.24) is 20.6 Å². The van der Waals surface area contributed by atoms with Gasteiger partial charge >= 0.3 is 0 Å². The molecule has 7 nitrogen and oxygen atoms in total. The lowest BCUT2D eigenvalue weighted by Crippen LogP contribution is -2.32. The van der Waals surface area contributed by atoms with Crippen molar-refractivity contribution in [2.75, 3.05) is 33.0 Å². The Morgan fingerprint density at radius 1 is 1.03 bits per heavy atom. The summed E-state index contributed by atoms with van der Waals surface area (Å²) in [5, 5.41) is 5.43. The third-order valence-corrected chi connectivity index (χ3v) is 5.22. The van der Waals surface area contributed by atoms with E-state index in [0.717, 1.165) is 23.8 Å². The first-order valence-corrected chi connectivity index (χ1v) is 10.2. The van der Waals surface area contributed by atoms with Crippen molar-refractivity contribution in [2.45, 2.75) is 12.8 Å². The molecule has 0 bridgehead atoms. The van der Waals surface area contributed by atoms with E-state index >= 15 is 0 Å². The van der Waals surface area contributed by atoms with Crippen molar-refractivity contribution in [3.05, 3.63) is 58.8 Å². The number of hydrogen-bond donors (Lipinski definition) is 3. The van der Waals surface area contributed by atoms with Gasteiger partial charge in [0, 0.05) is 29.7 Å². The van der Waals surface area contributed by atoms with Gasteiger partial charge < -0.3 is 21.1 Å². The first-order valence-electron chi connectivity index (χ1n) is 10.2. The molecular weight excluding hydrogens is 416 g/mol. The Morgan fingerprint density at radius 2 is 1.81 bits per heavy atom. The minimum atomic E-state index is -0.831. The molecule has 5 rings (SSSR count).